The van der Waals surface area contributed by atoms with Gasteiger partial charge in [0, 0.05) is 17.8 Å². The van der Waals surface area contributed by atoms with E-state index in [2.05, 4.69) is 5.32 Å². The van der Waals surface area contributed by atoms with Gasteiger partial charge >= 0.3 is 6.03 Å². The Hall–Kier alpha value is -3.10. The van der Waals surface area contributed by atoms with Gasteiger partial charge in [-0.1, -0.05) is 0 Å². The maximum absolute atomic E-state index is 13.4. The molecule has 0 saturated heterocycles. The van der Waals surface area contributed by atoms with E-state index in [0.717, 1.165) is 18.2 Å². The first-order valence-corrected chi connectivity index (χ1v) is 5.84. The highest BCUT2D eigenvalue weighted by atomic mass is 19.2. The first-order chi connectivity index (χ1) is 10.4. The van der Waals surface area contributed by atoms with Gasteiger partial charge in [0.25, 0.3) is 5.69 Å². The van der Waals surface area contributed by atoms with E-state index in [1.54, 1.807) is 0 Å². The standard InChI is InChI=1S/C13H8F3N3O3/c14-9-5-6-10(12(16)11(9)15)18-13(20)17-7-1-3-8(4-2-7)19(21)22/h1-6H,(H2,17,18,20). The predicted octanol–water partition coefficient (Wildman–Crippen LogP) is 3.66. The number of nitrogens with zero attached hydrogens (tertiary/aromatic N) is 1. The highest BCUT2D eigenvalue weighted by molar-refractivity contribution is 5.99. The van der Waals surface area contributed by atoms with Crippen LogP contribution in [0.4, 0.5) is 35.0 Å². The van der Waals surface area contributed by atoms with Gasteiger partial charge < -0.3 is 10.6 Å². The minimum absolute atomic E-state index is 0.169. The van der Waals surface area contributed by atoms with Gasteiger partial charge in [-0.3, -0.25) is 10.1 Å². The van der Waals surface area contributed by atoms with E-state index in [0.29, 0.717) is 6.07 Å². The fourth-order valence-electron chi connectivity index (χ4n) is 1.57. The van der Waals surface area contributed by atoms with Gasteiger partial charge in [0.2, 0.25) is 0 Å². The number of carbonyl (C=O) groups excluding carboxylic acids is 1. The third-order valence-corrected chi connectivity index (χ3v) is 2.62. The summed E-state index contributed by atoms with van der Waals surface area (Å²) in [6, 6.07) is 5.46. The van der Waals surface area contributed by atoms with Crippen LogP contribution < -0.4 is 10.6 Å². The maximum Gasteiger partial charge on any atom is 0.323 e. The van der Waals surface area contributed by atoms with Gasteiger partial charge in [-0.25, -0.2) is 18.0 Å². The van der Waals surface area contributed by atoms with Crippen molar-refractivity contribution in [2.45, 2.75) is 0 Å². The van der Waals surface area contributed by atoms with E-state index in [9.17, 15) is 28.1 Å². The first kappa shape index (κ1) is 15.3. The molecular weight excluding hydrogens is 303 g/mol. The molecule has 0 aliphatic carbocycles. The van der Waals surface area contributed by atoms with E-state index < -0.39 is 34.1 Å². The van der Waals surface area contributed by atoms with Gasteiger partial charge in [-0.15, -0.1) is 0 Å². The molecule has 2 N–H and O–H groups in total. The monoisotopic (exact) mass is 311 g/mol. The Morgan fingerprint density at radius 2 is 1.59 bits per heavy atom. The number of halogens is 3. The minimum atomic E-state index is -1.70. The lowest BCUT2D eigenvalue weighted by atomic mass is 10.2. The Bertz CT molecular complexity index is 735. The van der Waals surface area contributed by atoms with Crippen molar-refractivity contribution in [3.05, 3.63) is 64.0 Å². The molecule has 0 aromatic heterocycles. The number of rotatable bonds is 3. The van der Waals surface area contributed by atoms with Gasteiger partial charge in [0.15, 0.2) is 17.5 Å². The second-order valence-electron chi connectivity index (χ2n) is 4.11. The zero-order valence-electron chi connectivity index (χ0n) is 10.8. The number of nitrogens with one attached hydrogen (secondary N) is 2. The molecule has 0 bridgehead atoms. The van der Waals surface area contributed by atoms with Crippen molar-refractivity contribution in [2.24, 2.45) is 0 Å². The molecule has 9 heteroatoms. The Labute approximate surface area is 121 Å². The lowest BCUT2D eigenvalue weighted by molar-refractivity contribution is -0.384. The van der Waals surface area contributed by atoms with Gasteiger partial charge in [-0.2, -0.15) is 0 Å². The zero-order chi connectivity index (χ0) is 16.3. The number of nitro benzene ring substituents is 1. The summed E-state index contributed by atoms with van der Waals surface area (Å²) >= 11 is 0. The summed E-state index contributed by atoms with van der Waals surface area (Å²) in [7, 11) is 0. The van der Waals surface area contributed by atoms with Crippen molar-refractivity contribution in [3.63, 3.8) is 0 Å². The molecular formula is C13H8F3N3O3. The molecule has 0 radical (unpaired) electrons. The van der Waals surface area contributed by atoms with Gasteiger partial charge in [-0.05, 0) is 24.3 Å². The number of hydrogen-bond donors (Lipinski definition) is 2. The van der Waals surface area contributed by atoms with E-state index in [1.807, 2.05) is 5.32 Å². The Kier molecular flexibility index (Phi) is 4.25. The summed E-state index contributed by atoms with van der Waals surface area (Å²) in [6.45, 7) is 0. The number of anilines is 2. The number of urea groups is 1. The van der Waals surface area contributed by atoms with Crippen LogP contribution in [0.15, 0.2) is 36.4 Å². The summed E-state index contributed by atoms with van der Waals surface area (Å²) in [4.78, 5) is 21.5. The fourth-order valence-corrected chi connectivity index (χ4v) is 1.57. The third kappa shape index (κ3) is 3.32. The van der Waals surface area contributed by atoms with E-state index >= 15 is 0 Å². The van der Waals surface area contributed by atoms with Crippen LogP contribution in [-0.2, 0) is 0 Å². The summed E-state index contributed by atoms with van der Waals surface area (Å²) < 4.78 is 39.1. The van der Waals surface area contributed by atoms with Crippen LogP contribution in [-0.4, -0.2) is 11.0 Å². The molecule has 2 aromatic carbocycles. The molecule has 114 valence electrons. The predicted molar refractivity (Wildman–Crippen MR) is 72.1 cm³/mol. The average Bonchev–Trinajstić information content (AvgIpc) is 2.48. The lowest BCUT2D eigenvalue weighted by Crippen LogP contribution is -2.20. The largest absolute Gasteiger partial charge is 0.323 e. The molecule has 0 aliphatic rings. The van der Waals surface area contributed by atoms with Crippen LogP contribution in [0, 0.1) is 27.6 Å². The summed E-state index contributed by atoms with van der Waals surface area (Å²) in [5.74, 6) is -4.61. The van der Waals surface area contributed by atoms with Gasteiger partial charge in [0.1, 0.15) is 0 Å². The molecule has 0 saturated carbocycles. The fraction of sp³-hybridized carbons (Fsp3) is 0. The van der Waals surface area contributed by atoms with Crippen molar-refractivity contribution in [3.8, 4) is 0 Å². The van der Waals surface area contributed by atoms with Crippen molar-refractivity contribution in [1.82, 2.24) is 0 Å². The normalized spacial score (nSPS) is 10.1. The zero-order valence-corrected chi connectivity index (χ0v) is 10.8. The molecule has 2 rings (SSSR count). The summed E-state index contributed by atoms with van der Waals surface area (Å²) in [5.41, 5.74) is -0.512. The van der Waals surface area contributed by atoms with E-state index in [4.69, 9.17) is 0 Å². The van der Waals surface area contributed by atoms with Crippen molar-refractivity contribution < 1.29 is 22.9 Å². The maximum atomic E-state index is 13.4. The molecule has 0 aliphatic heterocycles. The number of hydrogen-bond acceptors (Lipinski definition) is 3. The Morgan fingerprint density at radius 3 is 2.18 bits per heavy atom. The van der Waals surface area contributed by atoms with Crippen molar-refractivity contribution in [2.75, 3.05) is 10.6 Å². The first-order valence-electron chi connectivity index (χ1n) is 5.84. The highest BCUT2D eigenvalue weighted by Gasteiger charge is 2.15. The molecule has 0 fully saturated rings. The Morgan fingerprint density at radius 1 is 0.955 bits per heavy atom. The number of benzene rings is 2. The number of carbonyl (C=O) groups is 1. The van der Waals surface area contributed by atoms with E-state index in [1.165, 1.54) is 12.1 Å². The SMILES string of the molecule is O=C(Nc1ccc([N+](=O)[O-])cc1)Nc1ccc(F)c(F)c1F. The summed E-state index contributed by atoms with van der Waals surface area (Å²) in [5, 5.41) is 14.7. The topological polar surface area (TPSA) is 84.3 Å². The van der Waals surface area contributed by atoms with E-state index in [-0.39, 0.29) is 11.4 Å². The molecule has 6 nitrogen and oxygen atoms in total. The Balaban J connectivity index is 2.07. The molecule has 0 heterocycles. The number of non-ortho nitro benzene ring substituents is 1. The second kappa shape index (κ2) is 6.12. The number of nitro groups is 1. The van der Waals surface area contributed by atoms with Crippen molar-refractivity contribution in [1.29, 1.82) is 0 Å². The van der Waals surface area contributed by atoms with Crippen LogP contribution in [0.1, 0.15) is 0 Å². The average molecular weight is 311 g/mol. The molecule has 0 unspecified atom stereocenters. The van der Waals surface area contributed by atoms with Crippen LogP contribution in [0.25, 0.3) is 0 Å². The smallest absolute Gasteiger partial charge is 0.308 e. The third-order valence-electron chi connectivity index (χ3n) is 2.62. The van der Waals surface area contributed by atoms with Crippen LogP contribution in [0.2, 0.25) is 0 Å². The summed E-state index contributed by atoms with van der Waals surface area (Å²) in [6.07, 6.45) is 0. The molecule has 22 heavy (non-hydrogen) atoms. The molecule has 2 aromatic rings. The van der Waals surface area contributed by atoms with Crippen molar-refractivity contribution >= 4 is 23.1 Å². The lowest BCUT2D eigenvalue weighted by Gasteiger charge is -2.09. The minimum Gasteiger partial charge on any atom is -0.308 e. The van der Waals surface area contributed by atoms with Gasteiger partial charge in [0.05, 0.1) is 10.6 Å². The quantitative estimate of drug-likeness (QED) is 0.515. The molecule has 2 amide bonds. The molecule has 0 atom stereocenters. The van der Waals surface area contributed by atoms with Crippen LogP contribution in [0.5, 0.6) is 0 Å². The molecule has 0 spiro atoms. The second-order valence-corrected chi connectivity index (χ2v) is 4.11. The van der Waals surface area contributed by atoms with Crippen LogP contribution >= 0.6 is 0 Å². The number of amides is 2. The highest BCUT2D eigenvalue weighted by Crippen LogP contribution is 2.20. The van der Waals surface area contributed by atoms with Crippen LogP contribution in [0.3, 0.4) is 0 Å².